The first-order valence-corrected chi connectivity index (χ1v) is 8.58. The van der Waals surface area contributed by atoms with Gasteiger partial charge in [-0.15, -0.1) is 0 Å². The van der Waals surface area contributed by atoms with Gasteiger partial charge in [0.25, 0.3) is 0 Å². The van der Waals surface area contributed by atoms with Crippen molar-refractivity contribution in [3.8, 4) is 40.1 Å². The highest BCUT2D eigenvalue weighted by atomic mass is 16.6. The van der Waals surface area contributed by atoms with Gasteiger partial charge in [-0.3, -0.25) is 14.9 Å². The summed E-state index contributed by atoms with van der Waals surface area (Å²) in [5.41, 5.74) is -0.951. The molecule has 0 aliphatic rings. The monoisotopic (exact) mass is 417 g/mol. The molecule has 0 aliphatic heterocycles. The second-order valence-electron chi connectivity index (χ2n) is 5.95. The van der Waals surface area contributed by atoms with E-state index >= 15 is 0 Å². The highest BCUT2D eigenvalue weighted by Gasteiger charge is 2.33. The molecular weight excluding hydrogens is 398 g/mol. The number of hydrogen-bond acceptors (Lipinski definition) is 9. The summed E-state index contributed by atoms with van der Waals surface area (Å²) in [4.78, 5) is 24.1. The summed E-state index contributed by atoms with van der Waals surface area (Å²) >= 11 is 0. The molecule has 3 aromatic rings. The van der Waals surface area contributed by atoms with Crippen molar-refractivity contribution in [2.45, 2.75) is 0 Å². The summed E-state index contributed by atoms with van der Waals surface area (Å²) < 4.78 is 32.0. The van der Waals surface area contributed by atoms with E-state index in [0.29, 0.717) is 17.1 Å². The van der Waals surface area contributed by atoms with Crippen molar-refractivity contribution < 1.29 is 33.0 Å². The molecule has 0 radical (unpaired) electrons. The molecule has 30 heavy (non-hydrogen) atoms. The van der Waals surface area contributed by atoms with Gasteiger partial charge in [-0.2, -0.15) is 0 Å². The summed E-state index contributed by atoms with van der Waals surface area (Å²) in [6.45, 7) is 0. The zero-order valence-corrected chi connectivity index (χ0v) is 16.9. The van der Waals surface area contributed by atoms with Crippen LogP contribution < -0.4 is 29.1 Å². The van der Waals surface area contributed by atoms with Crippen LogP contribution in [0.5, 0.6) is 28.7 Å². The van der Waals surface area contributed by atoms with Crippen LogP contribution in [-0.2, 0) is 0 Å². The van der Waals surface area contributed by atoms with Crippen LogP contribution in [0.25, 0.3) is 22.3 Å². The van der Waals surface area contributed by atoms with Gasteiger partial charge in [0.05, 0.1) is 40.5 Å². The molecule has 0 atom stereocenters. The Morgan fingerprint density at radius 1 is 0.833 bits per heavy atom. The van der Waals surface area contributed by atoms with E-state index in [-0.39, 0.29) is 34.0 Å². The van der Waals surface area contributed by atoms with Gasteiger partial charge in [-0.05, 0) is 18.2 Å². The maximum absolute atomic E-state index is 13.0. The van der Waals surface area contributed by atoms with E-state index < -0.39 is 16.0 Å². The van der Waals surface area contributed by atoms with Crippen molar-refractivity contribution in [1.29, 1.82) is 0 Å². The van der Waals surface area contributed by atoms with Crippen LogP contribution in [0, 0.1) is 10.1 Å². The normalized spacial score (nSPS) is 10.6. The number of nitro benzene ring substituents is 1. The number of hydrogen-bond donors (Lipinski definition) is 0. The third-order valence-electron chi connectivity index (χ3n) is 4.48. The summed E-state index contributed by atoms with van der Waals surface area (Å²) in [5, 5.41) is 11.7. The molecule has 10 heteroatoms. The Kier molecular flexibility index (Phi) is 5.67. The van der Waals surface area contributed by atoms with Crippen LogP contribution in [0.1, 0.15) is 0 Å². The van der Waals surface area contributed by atoms with E-state index in [4.69, 9.17) is 28.1 Å². The molecule has 3 rings (SSSR count). The topological polar surface area (TPSA) is 120 Å². The molecule has 1 aromatic heterocycles. The van der Waals surface area contributed by atoms with Gasteiger partial charge < -0.3 is 28.1 Å². The van der Waals surface area contributed by atoms with E-state index in [1.807, 2.05) is 0 Å². The van der Waals surface area contributed by atoms with Crippen LogP contribution in [0.2, 0.25) is 0 Å². The van der Waals surface area contributed by atoms with E-state index in [2.05, 4.69) is 0 Å². The Bertz CT molecular complexity index is 1180. The lowest BCUT2D eigenvalue weighted by molar-refractivity contribution is -0.384. The average Bonchev–Trinajstić information content (AvgIpc) is 2.76. The van der Waals surface area contributed by atoms with Gasteiger partial charge in [-0.25, -0.2) is 0 Å². The number of methoxy groups -OCH3 is 5. The number of rotatable bonds is 7. The van der Waals surface area contributed by atoms with Gasteiger partial charge in [0.15, 0.2) is 22.7 Å². The van der Waals surface area contributed by atoms with Crippen molar-refractivity contribution in [3.63, 3.8) is 0 Å². The maximum Gasteiger partial charge on any atom is 0.357 e. The van der Waals surface area contributed by atoms with Crippen molar-refractivity contribution in [3.05, 3.63) is 44.6 Å². The van der Waals surface area contributed by atoms with Crippen LogP contribution in [0.15, 0.2) is 33.5 Å². The van der Waals surface area contributed by atoms with Crippen LogP contribution in [-0.4, -0.2) is 40.5 Å². The Morgan fingerprint density at radius 2 is 1.47 bits per heavy atom. The van der Waals surface area contributed by atoms with Crippen LogP contribution >= 0.6 is 0 Å². The Labute approximate surface area is 170 Å². The molecule has 0 unspecified atom stereocenters. The van der Waals surface area contributed by atoms with Crippen molar-refractivity contribution in [2.75, 3.05) is 35.5 Å². The fourth-order valence-electron chi connectivity index (χ4n) is 3.17. The molecule has 0 fully saturated rings. The number of nitro groups is 1. The van der Waals surface area contributed by atoms with Gasteiger partial charge in [0.1, 0.15) is 11.1 Å². The fourth-order valence-corrected chi connectivity index (χ4v) is 3.17. The lowest BCUT2D eigenvalue weighted by Gasteiger charge is -2.15. The summed E-state index contributed by atoms with van der Waals surface area (Å²) in [5.74, 6) is 0.638. The molecule has 0 bridgehead atoms. The molecule has 0 aliphatic carbocycles. The summed E-state index contributed by atoms with van der Waals surface area (Å²) in [7, 11) is 6.79. The Balaban J connectivity index is 2.44. The van der Waals surface area contributed by atoms with Crippen molar-refractivity contribution >= 4 is 16.7 Å². The predicted octanol–water partition coefficient (Wildman–Crippen LogP) is 3.41. The number of fused-ring (bicyclic) bond motifs is 1. The van der Waals surface area contributed by atoms with E-state index in [1.54, 1.807) is 18.2 Å². The van der Waals surface area contributed by atoms with Gasteiger partial charge >= 0.3 is 5.69 Å². The van der Waals surface area contributed by atoms with Crippen molar-refractivity contribution in [1.82, 2.24) is 0 Å². The first-order valence-electron chi connectivity index (χ1n) is 8.58. The molecule has 10 nitrogen and oxygen atoms in total. The van der Waals surface area contributed by atoms with E-state index in [9.17, 15) is 14.9 Å². The fraction of sp³-hybridized carbons (Fsp3) is 0.250. The molecule has 1 heterocycles. The summed E-state index contributed by atoms with van der Waals surface area (Å²) in [6, 6.07) is 6.06. The number of nitrogens with zero attached hydrogens (tertiary/aromatic N) is 1. The molecular formula is C20H19NO9. The lowest BCUT2D eigenvalue weighted by atomic mass is 10.1. The summed E-state index contributed by atoms with van der Waals surface area (Å²) in [6.07, 6.45) is 0. The van der Waals surface area contributed by atoms with E-state index in [0.717, 1.165) is 0 Å². The highest BCUT2D eigenvalue weighted by molar-refractivity contribution is 5.97. The van der Waals surface area contributed by atoms with Gasteiger partial charge in [0, 0.05) is 11.6 Å². The maximum atomic E-state index is 13.0. The highest BCUT2D eigenvalue weighted by Crippen LogP contribution is 2.50. The average molecular weight is 417 g/mol. The largest absolute Gasteiger partial charge is 0.493 e. The smallest absolute Gasteiger partial charge is 0.357 e. The minimum atomic E-state index is -0.704. The number of benzene rings is 2. The van der Waals surface area contributed by atoms with Crippen LogP contribution in [0.3, 0.4) is 0 Å². The zero-order valence-electron chi connectivity index (χ0n) is 16.9. The van der Waals surface area contributed by atoms with Crippen LogP contribution in [0.4, 0.5) is 5.69 Å². The molecule has 0 N–H and O–H groups in total. The molecule has 0 spiro atoms. The first-order chi connectivity index (χ1) is 14.4. The molecule has 0 saturated heterocycles. The van der Waals surface area contributed by atoms with Gasteiger partial charge in [-0.1, -0.05) is 0 Å². The Morgan fingerprint density at radius 3 is 2.00 bits per heavy atom. The minimum absolute atomic E-state index is 0.0254. The standard InChI is InChI=1S/C20H19NO9/c1-25-12-7-6-10(8-14(12)26-2)13-9-11(22)15-17(30-13)16(21(23)24)19(28-4)20(29-5)18(15)27-3/h6-9H,1-5H3. The molecule has 0 saturated carbocycles. The third kappa shape index (κ3) is 3.21. The number of ether oxygens (including phenoxy) is 5. The second kappa shape index (κ2) is 8.19. The minimum Gasteiger partial charge on any atom is -0.493 e. The second-order valence-corrected chi connectivity index (χ2v) is 5.95. The zero-order chi connectivity index (χ0) is 22.0. The van der Waals surface area contributed by atoms with E-state index in [1.165, 1.54) is 41.6 Å². The predicted molar refractivity (Wildman–Crippen MR) is 107 cm³/mol. The molecule has 158 valence electrons. The van der Waals surface area contributed by atoms with Gasteiger partial charge in [0.2, 0.25) is 17.1 Å². The quantitative estimate of drug-likeness (QED) is 0.421. The molecule has 2 aromatic carbocycles. The first kappa shape index (κ1) is 20.8. The van der Waals surface area contributed by atoms with Crippen molar-refractivity contribution in [2.24, 2.45) is 0 Å². The lowest BCUT2D eigenvalue weighted by Crippen LogP contribution is -2.08. The Hall–Kier alpha value is -3.95. The molecule has 0 amide bonds. The SMILES string of the molecule is COc1ccc(-c2cc(=O)c3c(OC)c(OC)c(OC)c([N+](=O)[O-])c3o2)cc1OC. The third-order valence-corrected chi connectivity index (χ3v) is 4.48.